The summed E-state index contributed by atoms with van der Waals surface area (Å²) in [4.78, 5) is 4.67. The maximum atomic E-state index is 10.2. The standard InChI is InChI=1S/C19H21ClN2O3S/c1-24-11-10-22-18-5-3-2-4-17(18)21-19(22)26-13-15(23)12-25-16-8-6-14(20)7-9-16/h2-9,15,23H,10-13H2,1H3. The summed E-state index contributed by atoms with van der Waals surface area (Å²) in [6, 6.07) is 15.1. The Morgan fingerprint density at radius 3 is 2.73 bits per heavy atom. The first-order valence-electron chi connectivity index (χ1n) is 8.31. The lowest BCUT2D eigenvalue weighted by atomic mass is 10.3. The summed E-state index contributed by atoms with van der Waals surface area (Å²) >= 11 is 7.36. The molecule has 0 saturated carbocycles. The number of rotatable bonds is 9. The van der Waals surface area contributed by atoms with E-state index in [-0.39, 0.29) is 6.61 Å². The first-order valence-corrected chi connectivity index (χ1v) is 9.67. The number of hydrogen-bond acceptors (Lipinski definition) is 5. The van der Waals surface area contributed by atoms with Crippen molar-refractivity contribution in [3.8, 4) is 5.75 Å². The van der Waals surface area contributed by atoms with Gasteiger partial charge in [0, 0.05) is 24.4 Å². The maximum absolute atomic E-state index is 10.2. The van der Waals surface area contributed by atoms with Crippen LogP contribution in [0.1, 0.15) is 0 Å². The lowest BCUT2D eigenvalue weighted by Crippen LogP contribution is -2.20. The molecule has 3 rings (SSSR count). The Hall–Kier alpha value is -1.73. The second-order valence-corrected chi connectivity index (χ2v) is 7.18. The highest BCUT2D eigenvalue weighted by atomic mass is 35.5. The van der Waals surface area contributed by atoms with Crippen LogP contribution in [0.3, 0.4) is 0 Å². The lowest BCUT2D eigenvalue weighted by molar-refractivity contribution is 0.126. The molecule has 0 aliphatic heterocycles. The SMILES string of the molecule is COCCn1c(SCC(O)COc2ccc(Cl)cc2)nc2ccccc21. The molecule has 2 aromatic carbocycles. The smallest absolute Gasteiger partial charge is 0.169 e. The molecule has 1 unspecified atom stereocenters. The average Bonchev–Trinajstić information content (AvgIpc) is 3.01. The van der Waals surface area contributed by atoms with Crippen molar-refractivity contribution in [2.45, 2.75) is 17.8 Å². The molecule has 1 heterocycles. The molecular weight excluding hydrogens is 372 g/mol. The van der Waals surface area contributed by atoms with Gasteiger partial charge in [-0.3, -0.25) is 0 Å². The number of methoxy groups -OCH3 is 1. The fourth-order valence-corrected chi connectivity index (χ4v) is 3.58. The highest BCUT2D eigenvalue weighted by Gasteiger charge is 2.13. The normalized spacial score (nSPS) is 12.4. The number of ether oxygens (including phenoxy) is 2. The van der Waals surface area contributed by atoms with Crippen LogP contribution in [0.15, 0.2) is 53.7 Å². The largest absolute Gasteiger partial charge is 0.491 e. The molecule has 1 N–H and O–H groups in total. The minimum absolute atomic E-state index is 0.215. The van der Waals surface area contributed by atoms with Crippen LogP contribution in [-0.4, -0.2) is 46.8 Å². The predicted octanol–water partition coefficient (Wildman–Crippen LogP) is 3.87. The van der Waals surface area contributed by atoms with E-state index in [1.165, 1.54) is 11.8 Å². The van der Waals surface area contributed by atoms with Crippen molar-refractivity contribution in [3.63, 3.8) is 0 Å². The van der Waals surface area contributed by atoms with Gasteiger partial charge < -0.3 is 19.1 Å². The first kappa shape index (κ1) is 19.0. The zero-order valence-corrected chi connectivity index (χ0v) is 16.0. The van der Waals surface area contributed by atoms with Gasteiger partial charge in [-0.1, -0.05) is 35.5 Å². The summed E-state index contributed by atoms with van der Waals surface area (Å²) in [6.07, 6.45) is -0.605. The van der Waals surface area contributed by atoms with E-state index in [1.54, 1.807) is 31.4 Å². The third-order valence-electron chi connectivity index (χ3n) is 3.80. The summed E-state index contributed by atoms with van der Waals surface area (Å²) in [5.41, 5.74) is 2.01. The van der Waals surface area contributed by atoms with Crippen molar-refractivity contribution in [3.05, 3.63) is 53.6 Å². The highest BCUT2D eigenvalue weighted by Crippen LogP contribution is 2.25. The van der Waals surface area contributed by atoms with E-state index in [0.29, 0.717) is 23.1 Å². The molecule has 0 fully saturated rings. The number of halogens is 1. The molecule has 5 nitrogen and oxygen atoms in total. The molecule has 1 aromatic heterocycles. The summed E-state index contributed by atoms with van der Waals surface area (Å²) in [6.45, 7) is 1.54. The molecular formula is C19H21ClN2O3S. The van der Waals surface area contributed by atoms with Gasteiger partial charge >= 0.3 is 0 Å². The summed E-state index contributed by atoms with van der Waals surface area (Å²) in [5.74, 6) is 1.18. The van der Waals surface area contributed by atoms with Gasteiger partial charge in [-0.05, 0) is 36.4 Å². The molecule has 0 radical (unpaired) electrons. The zero-order valence-electron chi connectivity index (χ0n) is 14.5. The van der Waals surface area contributed by atoms with Crippen molar-refractivity contribution in [2.75, 3.05) is 26.1 Å². The van der Waals surface area contributed by atoms with Gasteiger partial charge in [0.2, 0.25) is 0 Å². The lowest BCUT2D eigenvalue weighted by Gasteiger charge is -2.13. The first-order chi connectivity index (χ1) is 12.7. The maximum Gasteiger partial charge on any atom is 0.169 e. The predicted molar refractivity (Wildman–Crippen MR) is 105 cm³/mol. The molecule has 3 aromatic rings. The van der Waals surface area contributed by atoms with E-state index in [1.807, 2.05) is 24.3 Å². The van der Waals surface area contributed by atoms with Crippen LogP contribution in [0, 0.1) is 0 Å². The number of aliphatic hydroxyl groups excluding tert-OH is 1. The van der Waals surface area contributed by atoms with Crippen molar-refractivity contribution >= 4 is 34.4 Å². The number of thioether (sulfide) groups is 1. The van der Waals surface area contributed by atoms with Gasteiger partial charge in [-0.25, -0.2) is 4.98 Å². The van der Waals surface area contributed by atoms with Crippen molar-refractivity contribution < 1.29 is 14.6 Å². The molecule has 0 spiro atoms. The Kier molecular flexibility index (Phi) is 6.80. The number of hydrogen-bond donors (Lipinski definition) is 1. The van der Waals surface area contributed by atoms with Crippen molar-refractivity contribution in [2.24, 2.45) is 0 Å². The van der Waals surface area contributed by atoms with Gasteiger partial charge in [-0.2, -0.15) is 0 Å². The number of imidazole rings is 1. The minimum Gasteiger partial charge on any atom is -0.491 e. The van der Waals surface area contributed by atoms with Crippen molar-refractivity contribution in [1.82, 2.24) is 9.55 Å². The van der Waals surface area contributed by atoms with Gasteiger partial charge in [-0.15, -0.1) is 0 Å². The van der Waals surface area contributed by atoms with E-state index in [4.69, 9.17) is 21.1 Å². The van der Waals surface area contributed by atoms with Gasteiger partial charge in [0.05, 0.1) is 23.7 Å². The number of aromatic nitrogens is 2. The number of para-hydroxylation sites is 2. The van der Waals surface area contributed by atoms with E-state index >= 15 is 0 Å². The highest BCUT2D eigenvalue weighted by molar-refractivity contribution is 7.99. The fourth-order valence-electron chi connectivity index (χ4n) is 2.50. The third kappa shape index (κ3) is 4.92. The van der Waals surface area contributed by atoms with E-state index < -0.39 is 6.10 Å². The third-order valence-corrected chi connectivity index (χ3v) is 5.17. The summed E-state index contributed by atoms with van der Waals surface area (Å²) in [7, 11) is 1.68. The number of fused-ring (bicyclic) bond motifs is 1. The molecule has 0 amide bonds. The second kappa shape index (κ2) is 9.28. The van der Waals surface area contributed by atoms with Crippen LogP contribution in [-0.2, 0) is 11.3 Å². The van der Waals surface area contributed by atoms with Crippen LogP contribution in [0.5, 0.6) is 5.75 Å². The van der Waals surface area contributed by atoms with Crippen LogP contribution < -0.4 is 4.74 Å². The Labute approximate surface area is 161 Å². The number of benzene rings is 2. The molecule has 0 aliphatic carbocycles. The molecule has 1 atom stereocenters. The number of aliphatic hydroxyl groups is 1. The second-order valence-electron chi connectivity index (χ2n) is 5.76. The Bertz CT molecular complexity index is 838. The Balaban J connectivity index is 1.60. The minimum atomic E-state index is -0.605. The number of nitrogens with zero attached hydrogens (tertiary/aromatic N) is 2. The fraction of sp³-hybridized carbons (Fsp3) is 0.316. The summed E-state index contributed by atoms with van der Waals surface area (Å²) < 4.78 is 12.9. The van der Waals surface area contributed by atoms with Crippen LogP contribution in [0.25, 0.3) is 11.0 Å². The molecule has 0 bridgehead atoms. The van der Waals surface area contributed by atoms with Gasteiger partial charge in [0.25, 0.3) is 0 Å². The summed E-state index contributed by atoms with van der Waals surface area (Å²) in [5, 5.41) is 11.8. The molecule has 7 heteroatoms. The molecule has 0 saturated heterocycles. The van der Waals surface area contributed by atoms with E-state index in [2.05, 4.69) is 9.55 Å². The topological polar surface area (TPSA) is 56.5 Å². The average molecular weight is 393 g/mol. The molecule has 138 valence electrons. The monoisotopic (exact) mass is 392 g/mol. The van der Waals surface area contributed by atoms with Crippen LogP contribution >= 0.6 is 23.4 Å². The molecule has 0 aliphatic rings. The van der Waals surface area contributed by atoms with Crippen molar-refractivity contribution in [1.29, 1.82) is 0 Å². The zero-order chi connectivity index (χ0) is 18.4. The van der Waals surface area contributed by atoms with E-state index in [0.717, 1.165) is 22.7 Å². The van der Waals surface area contributed by atoms with Gasteiger partial charge in [0.15, 0.2) is 5.16 Å². The van der Waals surface area contributed by atoms with Crippen LogP contribution in [0.2, 0.25) is 5.02 Å². The molecule has 26 heavy (non-hydrogen) atoms. The van der Waals surface area contributed by atoms with E-state index in [9.17, 15) is 5.11 Å². The Morgan fingerprint density at radius 2 is 1.96 bits per heavy atom. The van der Waals surface area contributed by atoms with Crippen LogP contribution in [0.4, 0.5) is 0 Å². The Morgan fingerprint density at radius 1 is 1.19 bits per heavy atom. The quantitative estimate of drug-likeness (QED) is 0.560. The van der Waals surface area contributed by atoms with Gasteiger partial charge in [0.1, 0.15) is 12.4 Å².